The highest BCUT2D eigenvalue weighted by molar-refractivity contribution is 5.86. The zero-order chi connectivity index (χ0) is 14.3. The number of carboxylic acid groups (broad SMARTS) is 2. The molecule has 18 heavy (non-hydrogen) atoms. The average Bonchev–Trinajstić information content (AvgIpc) is 2.22. The van der Waals surface area contributed by atoms with Crippen LogP contribution in [0.15, 0.2) is 12.2 Å². The van der Waals surface area contributed by atoms with Crippen molar-refractivity contribution < 1.29 is 34.4 Å². The Balaban J connectivity index is 4.40. The Morgan fingerprint density at radius 2 is 1.67 bits per heavy atom. The second kappa shape index (κ2) is 7.41. The number of aliphatic hydroxyl groups is 1. The number of nitrogens with zero attached hydrogens (tertiary/aromatic N) is 1. The zero-order valence-corrected chi connectivity index (χ0v) is 9.83. The van der Waals surface area contributed by atoms with Gasteiger partial charge < -0.3 is 20.1 Å². The first-order valence-electron chi connectivity index (χ1n) is 4.92. The number of aliphatic hydroxyl groups excluding tert-OH is 1. The Hall–Kier alpha value is -1.93. The Morgan fingerprint density at radius 1 is 1.22 bits per heavy atom. The molecule has 0 fully saturated rings. The first-order valence-corrected chi connectivity index (χ1v) is 4.92. The van der Waals surface area contributed by atoms with Crippen molar-refractivity contribution in [2.24, 2.45) is 0 Å². The van der Waals surface area contributed by atoms with E-state index in [2.05, 4.69) is 11.3 Å². The molecule has 0 aliphatic carbocycles. The maximum Gasteiger partial charge on any atom is 0.333 e. The topological polar surface area (TPSA) is 124 Å². The van der Waals surface area contributed by atoms with Crippen LogP contribution in [0, 0.1) is 0 Å². The number of hydrogen-bond acceptors (Lipinski definition) is 6. The molecule has 0 spiro atoms. The van der Waals surface area contributed by atoms with E-state index in [1.165, 1.54) is 6.92 Å². The highest BCUT2D eigenvalue weighted by Gasteiger charge is 2.22. The van der Waals surface area contributed by atoms with Crippen molar-refractivity contribution in [3.8, 4) is 0 Å². The molecule has 8 heteroatoms. The Kier molecular flexibility index (Phi) is 6.61. The molecule has 102 valence electrons. The molecule has 0 saturated heterocycles. The van der Waals surface area contributed by atoms with Crippen molar-refractivity contribution in [1.29, 1.82) is 0 Å². The number of ether oxygens (including phenoxy) is 1. The fourth-order valence-electron chi connectivity index (χ4n) is 0.993. The molecule has 0 aromatic heterocycles. The largest absolute Gasteiger partial charge is 0.480 e. The summed E-state index contributed by atoms with van der Waals surface area (Å²) in [5.41, 5.74) is 0.116. The third-order valence-electron chi connectivity index (χ3n) is 1.81. The van der Waals surface area contributed by atoms with Gasteiger partial charge in [-0.3, -0.25) is 14.5 Å². The normalized spacial score (nSPS) is 11.9. The van der Waals surface area contributed by atoms with Gasteiger partial charge in [0.05, 0.1) is 13.1 Å². The third kappa shape index (κ3) is 6.61. The fourth-order valence-corrected chi connectivity index (χ4v) is 0.993. The van der Waals surface area contributed by atoms with Crippen LogP contribution in [0.25, 0.3) is 0 Å². The number of carbonyl (C=O) groups excluding carboxylic acids is 1. The van der Waals surface area contributed by atoms with Crippen LogP contribution in [0.3, 0.4) is 0 Å². The lowest BCUT2D eigenvalue weighted by Gasteiger charge is -2.23. The molecular weight excluding hydrogens is 246 g/mol. The molecule has 1 atom stereocenters. The van der Waals surface area contributed by atoms with Crippen LogP contribution in [0.5, 0.6) is 0 Å². The zero-order valence-electron chi connectivity index (χ0n) is 9.83. The van der Waals surface area contributed by atoms with Crippen LogP contribution in [0.2, 0.25) is 0 Å². The van der Waals surface area contributed by atoms with E-state index in [9.17, 15) is 19.5 Å². The number of hydrogen-bond donors (Lipinski definition) is 3. The molecular formula is C10H15NO7. The van der Waals surface area contributed by atoms with Crippen molar-refractivity contribution in [2.45, 2.75) is 13.2 Å². The minimum Gasteiger partial charge on any atom is -0.480 e. The monoisotopic (exact) mass is 261 g/mol. The summed E-state index contributed by atoms with van der Waals surface area (Å²) in [5, 5.41) is 26.6. The Bertz CT molecular complexity index is 336. The molecule has 0 rings (SSSR count). The number of carbonyl (C=O) groups is 3. The first-order chi connectivity index (χ1) is 8.23. The molecule has 1 unspecified atom stereocenters. The quantitative estimate of drug-likeness (QED) is 0.285. The van der Waals surface area contributed by atoms with E-state index in [4.69, 9.17) is 10.2 Å². The van der Waals surface area contributed by atoms with Crippen molar-refractivity contribution in [3.05, 3.63) is 12.2 Å². The highest BCUT2D eigenvalue weighted by atomic mass is 16.5. The van der Waals surface area contributed by atoms with Crippen LogP contribution in [-0.4, -0.2) is 64.1 Å². The van der Waals surface area contributed by atoms with E-state index in [1.54, 1.807) is 0 Å². The van der Waals surface area contributed by atoms with Gasteiger partial charge in [-0.1, -0.05) is 6.58 Å². The smallest absolute Gasteiger partial charge is 0.333 e. The maximum absolute atomic E-state index is 11.0. The second-order valence-corrected chi connectivity index (χ2v) is 3.55. The summed E-state index contributed by atoms with van der Waals surface area (Å²) >= 11 is 0. The average molecular weight is 261 g/mol. The van der Waals surface area contributed by atoms with Gasteiger partial charge in [-0.25, -0.2) is 4.79 Å². The second-order valence-electron chi connectivity index (χ2n) is 3.55. The minimum atomic E-state index is -1.51. The highest BCUT2D eigenvalue weighted by Crippen LogP contribution is 2.00. The molecule has 0 aliphatic heterocycles. The van der Waals surface area contributed by atoms with Gasteiger partial charge in [-0.15, -0.1) is 0 Å². The predicted octanol–water partition coefficient (Wildman–Crippen LogP) is -1.10. The van der Waals surface area contributed by atoms with Gasteiger partial charge in [0.1, 0.15) is 12.8 Å². The summed E-state index contributed by atoms with van der Waals surface area (Å²) in [5.74, 6) is -3.36. The Labute approximate surface area is 103 Å². The van der Waals surface area contributed by atoms with Gasteiger partial charge in [-0.2, -0.15) is 0 Å². The van der Waals surface area contributed by atoms with E-state index in [1.807, 2.05) is 0 Å². The van der Waals surface area contributed by atoms with E-state index in [0.29, 0.717) is 0 Å². The van der Waals surface area contributed by atoms with Crippen LogP contribution < -0.4 is 0 Å². The lowest BCUT2D eigenvalue weighted by atomic mass is 10.3. The molecule has 0 heterocycles. The summed E-state index contributed by atoms with van der Waals surface area (Å²) in [6, 6.07) is 0. The molecule has 0 aliphatic rings. The van der Waals surface area contributed by atoms with Crippen molar-refractivity contribution >= 4 is 17.9 Å². The molecule has 8 nitrogen and oxygen atoms in total. The van der Waals surface area contributed by atoms with E-state index in [0.717, 1.165) is 4.90 Å². The van der Waals surface area contributed by atoms with Gasteiger partial charge in [0.2, 0.25) is 0 Å². The van der Waals surface area contributed by atoms with Gasteiger partial charge in [-0.05, 0) is 6.92 Å². The third-order valence-corrected chi connectivity index (χ3v) is 1.81. The van der Waals surface area contributed by atoms with Gasteiger partial charge >= 0.3 is 17.9 Å². The summed E-state index contributed by atoms with van der Waals surface area (Å²) < 4.78 is 4.59. The predicted molar refractivity (Wildman–Crippen MR) is 58.6 cm³/mol. The Morgan fingerprint density at radius 3 is 2.00 bits per heavy atom. The number of aliphatic carboxylic acids is 2. The lowest BCUT2D eigenvalue weighted by molar-refractivity contribution is -0.154. The van der Waals surface area contributed by atoms with Crippen molar-refractivity contribution in [2.75, 3.05) is 19.7 Å². The summed E-state index contributed by atoms with van der Waals surface area (Å²) in [7, 11) is 0. The van der Waals surface area contributed by atoms with E-state index < -0.39 is 43.8 Å². The van der Waals surface area contributed by atoms with Crippen molar-refractivity contribution in [3.63, 3.8) is 0 Å². The number of rotatable bonds is 8. The molecule has 3 N–H and O–H groups in total. The van der Waals surface area contributed by atoms with Crippen molar-refractivity contribution in [1.82, 2.24) is 4.90 Å². The standard InChI is InChI=1S/C10H15NO7/c1-6(2)10(17)18-5-7(12)11(3-8(13)14)4-9(15)16/h7,12H,1,3-5H2,2H3,(H,13,14)(H,15,16). The summed E-state index contributed by atoms with van der Waals surface area (Å²) in [6.07, 6.45) is -1.51. The molecule has 0 aromatic rings. The molecule has 0 radical (unpaired) electrons. The molecule has 0 saturated carbocycles. The van der Waals surface area contributed by atoms with Gasteiger partial charge in [0.25, 0.3) is 0 Å². The van der Waals surface area contributed by atoms with E-state index >= 15 is 0 Å². The molecule has 0 aromatic carbocycles. The van der Waals surface area contributed by atoms with Gasteiger partial charge in [0.15, 0.2) is 0 Å². The fraction of sp³-hybridized carbons (Fsp3) is 0.500. The van der Waals surface area contributed by atoms with Crippen LogP contribution in [-0.2, 0) is 19.1 Å². The molecule has 0 amide bonds. The van der Waals surface area contributed by atoms with Crippen LogP contribution >= 0.6 is 0 Å². The first kappa shape index (κ1) is 16.1. The van der Waals surface area contributed by atoms with Crippen LogP contribution in [0.4, 0.5) is 0 Å². The SMILES string of the molecule is C=C(C)C(=O)OCC(O)N(CC(=O)O)CC(=O)O. The summed E-state index contributed by atoms with van der Waals surface area (Å²) in [4.78, 5) is 32.7. The van der Waals surface area contributed by atoms with Gasteiger partial charge in [0, 0.05) is 5.57 Å². The lowest BCUT2D eigenvalue weighted by Crippen LogP contribution is -2.44. The molecule has 0 bridgehead atoms. The maximum atomic E-state index is 11.0. The number of esters is 1. The van der Waals surface area contributed by atoms with Crippen LogP contribution in [0.1, 0.15) is 6.92 Å². The summed E-state index contributed by atoms with van der Waals surface area (Å²) in [6.45, 7) is 2.82. The minimum absolute atomic E-state index is 0.116. The van der Waals surface area contributed by atoms with E-state index in [-0.39, 0.29) is 5.57 Å². The number of carboxylic acids is 2.